The van der Waals surface area contributed by atoms with Crippen LogP contribution in [0.4, 0.5) is 0 Å². The SMILES string of the molecule is O=CCCCCCC(CCCCCOC1CCCCO1)Oc1ccc(C2CCC(OC(=O)CCCCCCCCCCCOC3CCCCO3)CC2)cc1. The first-order valence-electron chi connectivity index (χ1n) is 22.6. The van der Waals surface area contributed by atoms with E-state index in [2.05, 4.69) is 24.3 Å². The molecule has 8 nitrogen and oxygen atoms in total. The van der Waals surface area contributed by atoms with Crippen LogP contribution in [0.2, 0.25) is 0 Å². The maximum absolute atomic E-state index is 12.6. The van der Waals surface area contributed by atoms with Gasteiger partial charge in [-0.15, -0.1) is 0 Å². The van der Waals surface area contributed by atoms with E-state index in [1.165, 1.54) is 63.4 Å². The van der Waals surface area contributed by atoms with E-state index >= 15 is 0 Å². The van der Waals surface area contributed by atoms with Crippen LogP contribution in [0.15, 0.2) is 24.3 Å². The van der Waals surface area contributed by atoms with Crippen molar-refractivity contribution in [3.8, 4) is 5.75 Å². The molecule has 2 aliphatic heterocycles. The summed E-state index contributed by atoms with van der Waals surface area (Å²) in [5.74, 6) is 1.44. The molecule has 1 aromatic carbocycles. The number of hydrogen-bond acceptors (Lipinski definition) is 8. The summed E-state index contributed by atoms with van der Waals surface area (Å²) in [5, 5.41) is 0. The Hall–Kier alpha value is -2.00. The maximum Gasteiger partial charge on any atom is 0.306 e. The molecule has 3 unspecified atom stereocenters. The first kappa shape index (κ1) is 44.7. The fourth-order valence-electron chi connectivity index (χ4n) is 8.18. The maximum atomic E-state index is 12.6. The molecule has 1 aromatic rings. The Morgan fingerprint density at radius 3 is 1.72 bits per heavy atom. The highest BCUT2D eigenvalue weighted by Gasteiger charge is 2.25. The highest BCUT2D eigenvalue weighted by Crippen LogP contribution is 2.35. The van der Waals surface area contributed by atoms with Crippen molar-refractivity contribution in [3.05, 3.63) is 29.8 Å². The third kappa shape index (κ3) is 20.2. The minimum Gasteiger partial charge on any atom is -0.490 e. The Bertz CT molecular complexity index is 1060. The van der Waals surface area contributed by atoms with Crippen molar-refractivity contribution in [1.29, 1.82) is 0 Å². The number of aldehydes is 1. The highest BCUT2D eigenvalue weighted by molar-refractivity contribution is 5.69. The second-order valence-electron chi connectivity index (χ2n) is 16.2. The van der Waals surface area contributed by atoms with Crippen LogP contribution < -0.4 is 4.74 Å². The first-order chi connectivity index (χ1) is 26.7. The van der Waals surface area contributed by atoms with Crippen molar-refractivity contribution in [1.82, 2.24) is 0 Å². The van der Waals surface area contributed by atoms with E-state index in [1.807, 2.05) is 0 Å². The molecule has 2 heterocycles. The van der Waals surface area contributed by atoms with Gasteiger partial charge in [-0.3, -0.25) is 4.79 Å². The number of carbonyl (C=O) groups excluding carboxylic acids is 2. The van der Waals surface area contributed by atoms with Crippen molar-refractivity contribution in [2.75, 3.05) is 26.4 Å². The zero-order valence-electron chi connectivity index (χ0n) is 33.9. The number of rotatable bonds is 30. The van der Waals surface area contributed by atoms with Crippen LogP contribution >= 0.6 is 0 Å². The molecule has 0 amide bonds. The standard InChI is InChI=1S/C46H76O8/c47-34-16-8-7-11-21-41(22-12-10-18-36-50-46-25-15-20-38-52-46)53-42-30-26-39(27-31-42)40-28-32-43(33-29-40)54-44(48)23-13-6-4-2-1-3-5-9-17-35-49-45-24-14-19-37-51-45/h26-27,30-31,34,40-41,43,45-46H,1-25,28-29,32-33,35-38H2. The summed E-state index contributed by atoms with van der Waals surface area (Å²) in [6.45, 7) is 3.27. The molecule has 3 fully saturated rings. The Balaban J connectivity index is 1.01. The Kier molecular flexibility index (Phi) is 24.2. The van der Waals surface area contributed by atoms with Gasteiger partial charge in [0.25, 0.3) is 0 Å². The molecule has 4 rings (SSSR count). The van der Waals surface area contributed by atoms with Gasteiger partial charge in [0.15, 0.2) is 12.6 Å². The molecule has 0 spiro atoms. The lowest BCUT2D eigenvalue weighted by Crippen LogP contribution is -2.23. The van der Waals surface area contributed by atoms with Gasteiger partial charge in [0.05, 0.1) is 6.10 Å². The van der Waals surface area contributed by atoms with Crippen LogP contribution in [0.3, 0.4) is 0 Å². The van der Waals surface area contributed by atoms with E-state index in [1.54, 1.807) is 0 Å². The molecule has 0 radical (unpaired) electrons. The van der Waals surface area contributed by atoms with Gasteiger partial charge in [-0.2, -0.15) is 0 Å². The van der Waals surface area contributed by atoms with E-state index in [4.69, 9.17) is 28.4 Å². The number of carbonyl (C=O) groups is 2. The molecule has 0 bridgehead atoms. The van der Waals surface area contributed by atoms with Crippen molar-refractivity contribution in [2.45, 2.75) is 217 Å². The average Bonchev–Trinajstić information content (AvgIpc) is 3.20. The Morgan fingerprint density at radius 1 is 0.630 bits per heavy atom. The number of unbranched alkanes of at least 4 members (excludes halogenated alkanes) is 13. The normalized spacial score (nSPS) is 22.4. The molecule has 308 valence electrons. The Morgan fingerprint density at radius 2 is 1.17 bits per heavy atom. The molecule has 3 atom stereocenters. The van der Waals surface area contributed by atoms with Gasteiger partial charge in [-0.25, -0.2) is 0 Å². The summed E-state index contributed by atoms with van der Waals surface area (Å²) < 4.78 is 35.5. The van der Waals surface area contributed by atoms with Gasteiger partial charge in [0, 0.05) is 39.3 Å². The van der Waals surface area contributed by atoms with Crippen LogP contribution in [0.25, 0.3) is 0 Å². The van der Waals surface area contributed by atoms with E-state index < -0.39 is 0 Å². The third-order valence-corrected chi connectivity index (χ3v) is 11.6. The van der Waals surface area contributed by atoms with E-state index in [0.717, 1.165) is 154 Å². The van der Waals surface area contributed by atoms with Gasteiger partial charge >= 0.3 is 5.97 Å². The van der Waals surface area contributed by atoms with Crippen LogP contribution in [-0.4, -0.2) is 63.5 Å². The van der Waals surface area contributed by atoms with Crippen LogP contribution in [0.1, 0.15) is 198 Å². The van der Waals surface area contributed by atoms with Gasteiger partial charge < -0.3 is 33.2 Å². The van der Waals surface area contributed by atoms with E-state index in [-0.39, 0.29) is 30.8 Å². The first-order valence-corrected chi connectivity index (χ1v) is 22.6. The second kappa shape index (κ2) is 29.3. The molecule has 1 saturated carbocycles. The lowest BCUT2D eigenvalue weighted by molar-refractivity contribution is -0.163. The lowest BCUT2D eigenvalue weighted by Gasteiger charge is -2.29. The minimum atomic E-state index is -0.0125. The van der Waals surface area contributed by atoms with Gasteiger partial charge in [0.1, 0.15) is 18.1 Å². The quantitative estimate of drug-likeness (QED) is 0.0435. The summed E-state index contributed by atoms with van der Waals surface area (Å²) in [5.41, 5.74) is 1.36. The highest BCUT2D eigenvalue weighted by atomic mass is 16.7. The molecular weight excluding hydrogens is 680 g/mol. The fraction of sp³-hybridized carbons (Fsp3) is 0.826. The molecule has 1 aliphatic carbocycles. The topological polar surface area (TPSA) is 89.5 Å². The zero-order chi connectivity index (χ0) is 37.7. The summed E-state index contributed by atoms with van der Waals surface area (Å²) in [6, 6.07) is 8.76. The number of hydrogen-bond donors (Lipinski definition) is 0. The van der Waals surface area contributed by atoms with Gasteiger partial charge in [0.2, 0.25) is 0 Å². The van der Waals surface area contributed by atoms with Gasteiger partial charge in [-0.1, -0.05) is 69.9 Å². The summed E-state index contributed by atoms with van der Waals surface area (Å²) in [6.07, 6.45) is 32.6. The third-order valence-electron chi connectivity index (χ3n) is 11.6. The van der Waals surface area contributed by atoms with Gasteiger partial charge in [-0.05, 0) is 139 Å². The van der Waals surface area contributed by atoms with E-state index in [0.29, 0.717) is 18.8 Å². The smallest absolute Gasteiger partial charge is 0.306 e. The summed E-state index contributed by atoms with van der Waals surface area (Å²) >= 11 is 0. The second-order valence-corrected chi connectivity index (χ2v) is 16.2. The fourth-order valence-corrected chi connectivity index (χ4v) is 8.18. The largest absolute Gasteiger partial charge is 0.490 e. The molecule has 8 heteroatoms. The van der Waals surface area contributed by atoms with Crippen molar-refractivity contribution < 1.29 is 38.0 Å². The molecular formula is C46H76O8. The number of ether oxygens (including phenoxy) is 6. The van der Waals surface area contributed by atoms with Crippen molar-refractivity contribution >= 4 is 12.3 Å². The predicted octanol–water partition coefficient (Wildman–Crippen LogP) is 11.7. The van der Waals surface area contributed by atoms with Crippen molar-refractivity contribution in [3.63, 3.8) is 0 Å². The minimum absolute atomic E-state index is 0.00338. The van der Waals surface area contributed by atoms with Crippen LogP contribution in [-0.2, 0) is 33.3 Å². The summed E-state index contributed by atoms with van der Waals surface area (Å²) in [4.78, 5) is 23.3. The summed E-state index contributed by atoms with van der Waals surface area (Å²) in [7, 11) is 0. The zero-order valence-corrected chi connectivity index (χ0v) is 33.9. The molecule has 0 aromatic heterocycles. The molecule has 2 saturated heterocycles. The van der Waals surface area contributed by atoms with Crippen molar-refractivity contribution in [2.24, 2.45) is 0 Å². The molecule has 54 heavy (non-hydrogen) atoms. The molecule has 3 aliphatic rings. The Labute approximate surface area is 328 Å². The monoisotopic (exact) mass is 757 g/mol. The average molecular weight is 757 g/mol. The van der Waals surface area contributed by atoms with Crippen LogP contribution in [0.5, 0.6) is 5.75 Å². The molecule has 0 N–H and O–H groups in total. The number of benzene rings is 1. The predicted molar refractivity (Wildman–Crippen MR) is 215 cm³/mol. The van der Waals surface area contributed by atoms with E-state index in [9.17, 15) is 9.59 Å². The lowest BCUT2D eigenvalue weighted by atomic mass is 9.83. The van der Waals surface area contributed by atoms with Crippen LogP contribution in [0, 0.1) is 0 Å². The number of esters is 1.